The molecule has 0 aliphatic heterocycles. The van der Waals surface area contributed by atoms with E-state index >= 15 is 13.2 Å². The number of ether oxygens (including phenoxy) is 6. The summed E-state index contributed by atoms with van der Waals surface area (Å²) in [6.07, 6.45) is -28.5. The van der Waals surface area contributed by atoms with Crippen molar-refractivity contribution in [2.24, 2.45) is 0 Å². The van der Waals surface area contributed by atoms with Crippen LogP contribution < -0.4 is 42.6 Å². The maximum absolute atomic E-state index is 15.3. The second-order valence-electron chi connectivity index (χ2n) is 31.5. The minimum absolute atomic E-state index is 0.0619. The second-order valence-corrected chi connectivity index (χ2v) is 37.4. The summed E-state index contributed by atoms with van der Waals surface area (Å²) in [5.41, 5.74) is -3.09. The molecule has 0 saturated carbocycles. The molecule has 0 aliphatic rings. The highest BCUT2D eigenvalue weighted by atomic mass is 32.2. The summed E-state index contributed by atoms with van der Waals surface area (Å²) in [6, 6.07) is 45.2. The van der Waals surface area contributed by atoms with Gasteiger partial charge in [0.25, 0.3) is 0 Å². The highest BCUT2D eigenvalue weighted by molar-refractivity contribution is 7.85. The molecule has 120 heavy (non-hydrogen) atoms. The Morgan fingerprint density at radius 3 is 0.700 bits per heavy atom. The Bertz CT molecular complexity index is 4480. The van der Waals surface area contributed by atoms with Gasteiger partial charge in [-0.05, 0) is 246 Å². The Labute approximate surface area is 693 Å². The molecular weight excluding hydrogens is 1670 g/mol. The molecule has 0 saturated heterocycles. The van der Waals surface area contributed by atoms with Gasteiger partial charge in [-0.25, -0.2) is 53.1 Å². The molecule has 3 N–H and O–H groups in total. The molecule has 0 heterocycles. The number of hydrogen-bond donors (Lipinski definition) is 3. The van der Waals surface area contributed by atoms with Gasteiger partial charge in [0, 0.05) is 18.2 Å². The minimum atomic E-state index is -4.91. The van der Waals surface area contributed by atoms with Crippen LogP contribution in [0.15, 0.2) is 200 Å². The summed E-state index contributed by atoms with van der Waals surface area (Å²) in [7, 11) is -5.63. The molecule has 0 bridgehead atoms. The van der Waals surface area contributed by atoms with Crippen molar-refractivity contribution >= 4 is 33.0 Å². The lowest BCUT2D eigenvalue weighted by Gasteiger charge is -2.38. The fourth-order valence-electron chi connectivity index (χ4n) is 11.8. The third-order valence-electron chi connectivity index (χ3n) is 17.4. The van der Waals surface area contributed by atoms with Gasteiger partial charge in [-0.15, -0.1) is 0 Å². The van der Waals surface area contributed by atoms with Crippen molar-refractivity contribution in [1.82, 2.24) is 14.2 Å². The molecule has 0 amide bonds. The molecule has 33 heteroatoms. The Hall–Kier alpha value is -9.15. The van der Waals surface area contributed by atoms with Gasteiger partial charge < -0.3 is 28.4 Å². The zero-order chi connectivity index (χ0) is 89.6. The highest BCUT2D eigenvalue weighted by Gasteiger charge is 2.49. The van der Waals surface area contributed by atoms with Crippen LogP contribution in [-0.2, 0) is 68.8 Å². The molecule has 0 spiro atoms. The van der Waals surface area contributed by atoms with Crippen molar-refractivity contribution < 1.29 is 120 Å². The van der Waals surface area contributed by atoms with E-state index in [4.69, 9.17) is 14.2 Å². The first-order chi connectivity index (χ1) is 55.6. The fourth-order valence-corrected chi connectivity index (χ4v) is 14.6. The second kappa shape index (κ2) is 40.2. The normalized spacial score (nSPS) is 14.7. The van der Waals surface area contributed by atoms with Gasteiger partial charge in [0.05, 0.1) is 82.1 Å². The topological polar surface area (TPSA) is 143 Å². The number of hydrogen-bond acceptors (Lipinski definition) is 9. The van der Waals surface area contributed by atoms with E-state index in [1.54, 1.807) is 195 Å². The van der Waals surface area contributed by atoms with Gasteiger partial charge in [-0.3, -0.25) is 0 Å². The van der Waals surface area contributed by atoms with E-state index in [2.05, 4.69) is 28.4 Å². The summed E-state index contributed by atoms with van der Waals surface area (Å²) >= 11 is 0. The molecule has 0 fully saturated rings. The summed E-state index contributed by atoms with van der Waals surface area (Å²) in [6.45, 7) is 25.3. The smallest absolute Gasteiger partial charge is 0.461 e. The zero-order valence-corrected chi connectivity index (χ0v) is 70.3. The molecule has 0 aromatic heterocycles. The predicted octanol–water partition coefficient (Wildman–Crippen LogP) is 22.6. The molecule has 654 valence electrons. The molecule has 0 radical (unpaired) electrons. The van der Waals surface area contributed by atoms with Crippen molar-refractivity contribution in [2.75, 3.05) is 0 Å². The van der Waals surface area contributed by atoms with Crippen LogP contribution >= 0.6 is 0 Å². The molecule has 1 unspecified atom stereocenters. The first kappa shape index (κ1) is 98.0. The molecule has 6 atom stereocenters. The lowest BCUT2D eigenvalue weighted by Crippen LogP contribution is -2.50. The molecular formula is C87H93F18N3O9S3. The van der Waals surface area contributed by atoms with Crippen LogP contribution in [0.25, 0.3) is 0 Å². The van der Waals surface area contributed by atoms with Crippen LogP contribution in [0.2, 0.25) is 0 Å². The standard InChI is InChI=1S/3C29H31F6NO3S/c3*1-18(2)38-25-12-11-20(15-24(25)31)28(36-40(37)27(3,4)5,17-19-9-7-6-8-10-19)21-13-22(30)16-23(14-21)39-29(34,35)26(32)33/h3*6-16,18,26,36H,17H2,1-5H3/t28?,40-;28-,40+;28-,40-/m101/s1. The monoisotopic (exact) mass is 1760 g/mol. The Morgan fingerprint density at radius 1 is 0.300 bits per heavy atom. The van der Waals surface area contributed by atoms with Crippen LogP contribution in [0.1, 0.15) is 154 Å². The number of rotatable bonds is 33. The molecule has 0 aliphatic carbocycles. The van der Waals surface area contributed by atoms with Crippen LogP contribution in [0.4, 0.5) is 79.0 Å². The predicted molar refractivity (Wildman–Crippen MR) is 426 cm³/mol. The van der Waals surface area contributed by atoms with E-state index in [1.807, 2.05) is 0 Å². The van der Waals surface area contributed by atoms with Crippen LogP contribution in [-0.4, -0.2) is 82.8 Å². The Balaban J connectivity index is 0.000000248. The van der Waals surface area contributed by atoms with Crippen LogP contribution in [0.3, 0.4) is 0 Å². The summed E-state index contributed by atoms with van der Waals surface area (Å²) in [5.74, 6) is -8.44. The van der Waals surface area contributed by atoms with Crippen molar-refractivity contribution in [3.8, 4) is 34.5 Å². The lowest BCUT2D eigenvalue weighted by molar-refractivity contribution is -0.253. The van der Waals surface area contributed by atoms with E-state index in [-0.39, 0.29) is 88.2 Å². The Morgan fingerprint density at radius 2 is 0.517 bits per heavy atom. The van der Waals surface area contributed by atoms with E-state index in [0.29, 0.717) is 34.9 Å². The van der Waals surface area contributed by atoms with Crippen molar-refractivity contribution in [2.45, 2.75) is 210 Å². The number of benzene rings is 9. The van der Waals surface area contributed by atoms with E-state index in [0.717, 1.165) is 54.6 Å². The summed E-state index contributed by atoms with van der Waals surface area (Å²) < 4.78 is 327. The Kier molecular flexibility index (Phi) is 32.8. The van der Waals surface area contributed by atoms with Crippen molar-refractivity contribution in [3.63, 3.8) is 0 Å². The van der Waals surface area contributed by atoms with Gasteiger partial charge in [-0.2, -0.15) is 52.7 Å². The van der Waals surface area contributed by atoms with E-state index in [9.17, 15) is 78.5 Å². The van der Waals surface area contributed by atoms with E-state index in [1.165, 1.54) is 36.4 Å². The quantitative estimate of drug-likeness (QED) is 0.0343. The van der Waals surface area contributed by atoms with Gasteiger partial charge in [0.2, 0.25) is 0 Å². The zero-order valence-electron chi connectivity index (χ0n) is 67.8. The lowest BCUT2D eigenvalue weighted by atomic mass is 9.78. The summed E-state index contributed by atoms with van der Waals surface area (Å²) in [5, 5.41) is 0. The number of alkyl halides is 12. The molecule has 9 aromatic carbocycles. The average Bonchev–Trinajstić information content (AvgIpc) is 0.761. The molecule has 9 aromatic rings. The summed E-state index contributed by atoms with van der Waals surface area (Å²) in [4.78, 5) is 0. The number of halogens is 18. The molecule has 12 nitrogen and oxygen atoms in total. The first-order valence-electron chi connectivity index (χ1n) is 37.2. The number of nitrogens with one attached hydrogen (secondary N) is 3. The third kappa shape index (κ3) is 26.4. The average molecular weight is 1760 g/mol. The maximum atomic E-state index is 15.3. The maximum Gasteiger partial charge on any atom is 0.461 e. The largest absolute Gasteiger partial charge is 0.488 e. The van der Waals surface area contributed by atoms with Crippen LogP contribution in [0.5, 0.6) is 34.5 Å². The van der Waals surface area contributed by atoms with Gasteiger partial charge in [0.15, 0.2) is 34.7 Å². The third-order valence-corrected chi connectivity index (χ3v) is 22.3. The molecule has 9 rings (SSSR count). The van der Waals surface area contributed by atoms with Gasteiger partial charge in [-0.1, -0.05) is 109 Å². The van der Waals surface area contributed by atoms with Gasteiger partial charge in [0.1, 0.15) is 34.7 Å². The van der Waals surface area contributed by atoms with E-state index < -0.39 is 154 Å². The van der Waals surface area contributed by atoms with Crippen molar-refractivity contribution in [3.05, 3.63) is 285 Å². The van der Waals surface area contributed by atoms with Crippen LogP contribution in [0, 0.1) is 34.9 Å². The van der Waals surface area contributed by atoms with Gasteiger partial charge >= 0.3 is 37.6 Å². The van der Waals surface area contributed by atoms with Crippen molar-refractivity contribution in [1.29, 1.82) is 0 Å². The minimum Gasteiger partial charge on any atom is -0.488 e. The fraction of sp³-hybridized carbons (Fsp3) is 0.379. The highest BCUT2D eigenvalue weighted by Crippen LogP contribution is 2.45. The SMILES string of the molecule is CC(C)Oc1ccc(C(Cc2ccccc2)(N[S@](=O)C(C)(C)C)c2cc(F)cc(OC(F)(F)C(F)F)c2)cc1F.CC(C)Oc1ccc([C@@](Cc2ccccc2)(N[S@](=O)C(C)(C)C)c2cc(F)cc(OC(F)(F)C(F)F)c2)cc1F.CC(C)Oc1ccc([C@](Cc2ccccc2)(N[S@](=O)C(C)(C)C)c2cc(F)cc(OC(F)(F)C(F)F)c2)cc1F. The first-order valence-corrected chi connectivity index (χ1v) is 40.6.